The highest BCUT2D eigenvalue weighted by molar-refractivity contribution is 6.45. The zero-order chi connectivity index (χ0) is 15.8. The van der Waals surface area contributed by atoms with Crippen LogP contribution >= 0.6 is 34.8 Å². The monoisotopic (exact) mass is 353 g/mol. The minimum Gasteiger partial charge on any atom is -0.298 e. The Labute approximate surface area is 132 Å². The fraction of sp³-hybridized carbons (Fsp3) is 0.0769. The number of carbonyl (C=O) groups excluding carboxylic acids is 1. The minimum absolute atomic E-state index is 0.00871. The summed E-state index contributed by atoms with van der Waals surface area (Å²) in [5.41, 5.74) is -2.31. The molecule has 2 nitrogen and oxygen atoms in total. The number of nitrogens with zero attached hydrogens (tertiary/aromatic N) is 1. The van der Waals surface area contributed by atoms with Gasteiger partial charge < -0.3 is 0 Å². The van der Waals surface area contributed by atoms with Crippen LogP contribution in [-0.4, -0.2) is 11.3 Å². The Hall–Kier alpha value is -1.30. The number of aromatic nitrogens is 1. The molecular weight excluding hydrogens is 350 g/mol. The molecule has 0 saturated heterocycles. The van der Waals surface area contributed by atoms with Crippen LogP contribution in [0.3, 0.4) is 0 Å². The van der Waals surface area contributed by atoms with Crippen molar-refractivity contribution in [2.75, 3.05) is 0 Å². The fourth-order valence-corrected chi connectivity index (χ4v) is 2.50. The third kappa shape index (κ3) is 3.15. The number of rotatable bonds is 2. The number of aldehydes is 1. The maximum Gasteiger partial charge on any atom is 0.419 e. The van der Waals surface area contributed by atoms with Crippen LogP contribution in [0.2, 0.25) is 15.1 Å². The summed E-state index contributed by atoms with van der Waals surface area (Å²) in [6.45, 7) is 0. The quantitative estimate of drug-likeness (QED) is 0.523. The van der Waals surface area contributed by atoms with E-state index in [0.717, 1.165) is 12.3 Å². The number of hydrogen-bond acceptors (Lipinski definition) is 2. The Morgan fingerprint density at radius 3 is 2.38 bits per heavy atom. The van der Waals surface area contributed by atoms with Crippen LogP contribution in [0.25, 0.3) is 11.3 Å². The van der Waals surface area contributed by atoms with Crippen molar-refractivity contribution in [3.05, 3.63) is 50.6 Å². The lowest BCUT2D eigenvalue weighted by Crippen LogP contribution is -2.12. The summed E-state index contributed by atoms with van der Waals surface area (Å²) < 4.78 is 39.6. The van der Waals surface area contributed by atoms with E-state index < -0.39 is 23.0 Å². The first kappa shape index (κ1) is 16.1. The van der Waals surface area contributed by atoms with E-state index in [9.17, 15) is 18.0 Å². The fourth-order valence-electron chi connectivity index (χ4n) is 1.81. The van der Waals surface area contributed by atoms with E-state index in [1.165, 1.54) is 12.1 Å². The van der Waals surface area contributed by atoms with Crippen LogP contribution in [0.4, 0.5) is 13.2 Å². The lowest BCUT2D eigenvalue weighted by Gasteiger charge is -2.15. The molecule has 1 heterocycles. The number of benzene rings is 1. The first-order chi connectivity index (χ1) is 9.75. The number of pyridine rings is 1. The second-order valence-electron chi connectivity index (χ2n) is 3.99. The van der Waals surface area contributed by atoms with Crippen LogP contribution in [0.15, 0.2) is 24.4 Å². The van der Waals surface area contributed by atoms with Gasteiger partial charge in [0.05, 0.1) is 21.3 Å². The topological polar surface area (TPSA) is 30.0 Å². The normalized spacial score (nSPS) is 11.5. The van der Waals surface area contributed by atoms with Crippen molar-refractivity contribution in [2.24, 2.45) is 0 Å². The zero-order valence-electron chi connectivity index (χ0n) is 10.0. The summed E-state index contributed by atoms with van der Waals surface area (Å²) in [7, 11) is 0. The molecule has 0 bridgehead atoms. The summed E-state index contributed by atoms with van der Waals surface area (Å²) in [6.07, 6.45) is -3.59. The van der Waals surface area contributed by atoms with Gasteiger partial charge in [-0.3, -0.25) is 9.78 Å². The van der Waals surface area contributed by atoms with Gasteiger partial charge in [0.1, 0.15) is 0 Å². The van der Waals surface area contributed by atoms with Crippen molar-refractivity contribution in [1.82, 2.24) is 4.98 Å². The average Bonchev–Trinajstić information content (AvgIpc) is 2.40. The molecule has 0 saturated carbocycles. The summed E-state index contributed by atoms with van der Waals surface area (Å²) in [5.74, 6) is 0. The van der Waals surface area contributed by atoms with Gasteiger partial charge in [-0.25, -0.2) is 0 Å². The standard InChI is InChI=1S/C13H5Cl3F3NO/c14-7-3-8(11(16)9(15)4-7)12-10(13(17,18)19)6(5-21)1-2-20-12/h1-5H. The van der Waals surface area contributed by atoms with E-state index in [1.54, 1.807) is 0 Å². The highest BCUT2D eigenvalue weighted by atomic mass is 35.5. The van der Waals surface area contributed by atoms with Crippen molar-refractivity contribution in [1.29, 1.82) is 0 Å². The first-order valence-electron chi connectivity index (χ1n) is 5.42. The Bertz CT molecular complexity index is 717. The molecule has 0 radical (unpaired) electrons. The minimum atomic E-state index is -4.78. The molecular formula is C13H5Cl3F3NO. The van der Waals surface area contributed by atoms with Gasteiger partial charge in [-0.1, -0.05) is 34.8 Å². The molecule has 0 atom stereocenters. The molecule has 0 aliphatic heterocycles. The van der Waals surface area contributed by atoms with Crippen LogP contribution in [-0.2, 0) is 6.18 Å². The lowest BCUT2D eigenvalue weighted by atomic mass is 10.0. The number of alkyl halides is 3. The van der Waals surface area contributed by atoms with Crippen LogP contribution in [0.1, 0.15) is 15.9 Å². The van der Waals surface area contributed by atoms with E-state index in [2.05, 4.69) is 4.98 Å². The van der Waals surface area contributed by atoms with E-state index in [-0.39, 0.29) is 26.9 Å². The van der Waals surface area contributed by atoms with Gasteiger partial charge in [-0.05, 0) is 18.2 Å². The second kappa shape index (κ2) is 5.83. The molecule has 0 aliphatic rings. The Balaban J connectivity index is 2.85. The molecule has 2 rings (SSSR count). The Morgan fingerprint density at radius 1 is 1.14 bits per heavy atom. The van der Waals surface area contributed by atoms with E-state index in [0.29, 0.717) is 0 Å². The van der Waals surface area contributed by atoms with Gasteiger partial charge in [0.25, 0.3) is 0 Å². The number of carbonyl (C=O) groups is 1. The van der Waals surface area contributed by atoms with Gasteiger partial charge >= 0.3 is 6.18 Å². The molecule has 0 fully saturated rings. The van der Waals surface area contributed by atoms with Crippen molar-refractivity contribution < 1.29 is 18.0 Å². The number of halogens is 6. The van der Waals surface area contributed by atoms with Gasteiger partial charge in [-0.15, -0.1) is 0 Å². The maximum absolute atomic E-state index is 13.2. The van der Waals surface area contributed by atoms with Gasteiger partial charge in [0, 0.05) is 22.3 Å². The molecule has 1 aromatic carbocycles. The first-order valence-corrected chi connectivity index (χ1v) is 6.55. The Kier molecular flexibility index (Phi) is 4.46. The summed E-state index contributed by atoms with van der Waals surface area (Å²) in [4.78, 5) is 14.5. The summed E-state index contributed by atoms with van der Waals surface area (Å²) in [6, 6.07) is 3.48. The SMILES string of the molecule is O=Cc1ccnc(-c2cc(Cl)cc(Cl)c2Cl)c1C(F)(F)F. The third-order valence-electron chi connectivity index (χ3n) is 2.64. The molecule has 0 amide bonds. The van der Waals surface area contributed by atoms with Crippen LogP contribution < -0.4 is 0 Å². The van der Waals surface area contributed by atoms with E-state index in [4.69, 9.17) is 34.8 Å². The smallest absolute Gasteiger partial charge is 0.298 e. The number of hydrogen-bond donors (Lipinski definition) is 0. The zero-order valence-corrected chi connectivity index (χ0v) is 12.3. The van der Waals surface area contributed by atoms with E-state index in [1.807, 2.05) is 0 Å². The van der Waals surface area contributed by atoms with Gasteiger partial charge in [0.15, 0.2) is 6.29 Å². The third-order valence-corrected chi connectivity index (χ3v) is 3.66. The molecule has 0 spiro atoms. The van der Waals surface area contributed by atoms with Crippen molar-refractivity contribution >= 4 is 41.1 Å². The highest BCUT2D eigenvalue weighted by Crippen LogP contribution is 2.42. The van der Waals surface area contributed by atoms with Crippen LogP contribution in [0, 0.1) is 0 Å². The molecule has 21 heavy (non-hydrogen) atoms. The predicted octanol–water partition coefficient (Wildman–Crippen LogP) is 5.54. The largest absolute Gasteiger partial charge is 0.419 e. The molecule has 0 unspecified atom stereocenters. The molecule has 0 aliphatic carbocycles. The summed E-state index contributed by atoms with van der Waals surface area (Å²) >= 11 is 17.5. The molecule has 0 N–H and O–H groups in total. The van der Waals surface area contributed by atoms with Gasteiger partial charge in [0.2, 0.25) is 0 Å². The molecule has 8 heteroatoms. The maximum atomic E-state index is 13.2. The molecule has 1 aromatic heterocycles. The highest BCUT2D eigenvalue weighted by Gasteiger charge is 2.38. The van der Waals surface area contributed by atoms with Crippen molar-refractivity contribution in [3.8, 4) is 11.3 Å². The Morgan fingerprint density at radius 2 is 1.81 bits per heavy atom. The summed E-state index contributed by atoms with van der Waals surface area (Å²) in [5, 5.41) is -0.0291. The van der Waals surface area contributed by atoms with Crippen molar-refractivity contribution in [3.63, 3.8) is 0 Å². The van der Waals surface area contributed by atoms with E-state index >= 15 is 0 Å². The van der Waals surface area contributed by atoms with Crippen molar-refractivity contribution in [2.45, 2.75) is 6.18 Å². The lowest BCUT2D eigenvalue weighted by molar-refractivity contribution is -0.137. The van der Waals surface area contributed by atoms with Gasteiger partial charge in [-0.2, -0.15) is 13.2 Å². The average molecular weight is 355 g/mol. The molecule has 2 aromatic rings. The molecule has 110 valence electrons. The predicted molar refractivity (Wildman–Crippen MR) is 75.1 cm³/mol. The van der Waals surface area contributed by atoms with Crippen LogP contribution in [0.5, 0.6) is 0 Å². The second-order valence-corrected chi connectivity index (χ2v) is 5.21.